The van der Waals surface area contributed by atoms with Crippen molar-refractivity contribution in [1.82, 2.24) is 0 Å². The van der Waals surface area contributed by atoms with Crippen molar-refractivity contribution < 1.29 is 13.2 Å². The molecule has 0 N–H and O–H groups in total. The highest BCUT2D eigenvalue weighted by Crippen LogP contribution is 2.15. The molecule has 0 amide bonds. The van der Waals surface area contributed by atoms with Crippen LogP contribution in [0.25, 0.3) is 0 Å². The molecule has 1 aromatic rings. The molecule has 98 valence electrons. The van der Waals surface area contributed by atoms with E-state index in [2.05, 4.69) is 4.40 Å². The van der Waals surface area contributed by atoms with Crippen LogP contribution in [0.5, 0.6) is 0 Å². The van der Waals surface area contributed by atoms with Gasteiger partial charge in [-0.05, 0) is 48.4 Å². The van der Waals surface area contributed by atoms with E-state index in [1.54, 1.807) is 24.3 Å². The fourth-order valence-electron chi connectivity index (χ4n) is 1.60. The topological polar surface area (TPSA) is 63.6 Å². The summed E-state index contributed by atoms with van der Waals surface area (Å²) < 4.78 is 27.8. The average Bonchev–Trinajstić information content (AvgIpc) is 2.41. The molecule has 0 spiro atoms. The van der Waals surface area contributed by atoms with Crippen LogP contribution < -0.4 is 0 Å². The van der Waals surface area contributed by atoms with Crippen LogP contribution in [0.4, 0.5) is 0 Å². The van der Waals surface area contributed by atoms with E-state index in [4.69, 9.17) is 0 Å². The standard InChI is InChI=1S/C14H13NO3S/c1-2-11-3-9-14(10-4-11)19(17,18)15-12-5-7-13(16)8-6-12/h3-10H,2H2,1H3. The zero-order valence-corrected chi connectivity index (χ0v) is 11.2. The minimum absolute atomic E-state index is 0.149. The van der Waals surface area contributed by atoms with E-state index >= 15 is 0 Å². The fraction of sp³-hybridized carbons (Fsp3) is 0.143. The molecule has 0 radical (unpaired) electrons. The Balaban J connectivity index is 2.32. The van der Waals surface area contributed by atoms with Crippen LogP contribution in [0.1, 0.15) is 12.5 Å². The Labute approximate surface area is 112 Å². The summed E-state index contributed by atoms with van der Waals surface area (Å²) in [6, 6.07) is 6.62. The van der Waals surface area contributed by atoms with Crippen molar-refractivity contribution in [2.24, 2.45) is 4.40 Å². The average molecular weight is 275 g/mol. The summed E-state index contributed by atoms with van der Waals surface area (Å²) in [6.07, 6.45) is 6.20. The van der Waals surface area contributed by atoms with Gasteiger partial charge in [0.2, 0.25) is 0 Å². The van der Waals surface area contributed by atoms with Gasteiger partial charge in [0, 0.05) is 0 Å². The molecule has 4 nitrogen and oxygen atoms in total. The molecule has 0 saturated heterocycles. The van der Waals surface area contributed by atoms with E-state index in [-0.39, 0.29) is 16.4 Å². The molecule has 1 aromatic carbocycles. The predicted molar refractivity (Wildman–Crippen MR) is 73.7 cm³/mol. The van der Waals surface area contributed by atoms with E-state index < -0.39 is 10.0 Å². The van der Waals surface area contributed by atoms with Gasteiger partial charge in [-0.1, -0.05) is 19.1 Å². The first-order valence-electron chi connectivity index (χ1n) is 5.85. The van der Waals surface area contributed by atoms with Gasteiger partial charge in [0.25, 0.3) is 10.0 Å². The second kappa shape index (κ2) is 5.32. The van der Waals surface area contributed by atoms with Crippen molar-refractivity contribution in [3.8, 4) is 0 Å². The number of hydrogen-bond donors (Lipinski definition) is 0. The Hall–Kier alpha value is -2.01. The molecule has 1 aliphatic carbocycles. The molecular formula is C14H13NO3S. The molecule has 0 aromatic heterocycles. The molecule has 0 heterocycles. The van der Waals surface area contributed by atoms with Gasteiger partial charge in [-0.3, -0.25) is 4.79 Å². The maximum atomic E-state index is 12.0. The highest BCUT2D eigenvalue weighted by atomic mass is 32.2. The van der Waals surface area contributed by atoms with Gasteiger partial charge in [-0.2, -0.15) is 12.8 Å². The van der Waals surface area contributed by atoms with Gasteiger partial charge < -0.3 is 0 Å². The molecule has 19 heavy (non-hydrogen) atoms. The van der Waals surface area contributed by atoms with E-state index in [1.807, 2.05) is 6.92 Å². The van der Waals surface area contributed by atoms with E-state index in [0.29, 0.717) is 0 Å². The molecule has 0 saturated carbocycles. The molecule has 0 aliphatic heterocycles. The Morgan fingerprint density at radius 2 is 1.58 bits per heavy atom. The second-order valence-electron chi connectivity index (χ2n) is 4.06. The van der Waals surface area contributed by atoms with Crippen molar-refractivity contribution in [2.75, 3.05) is 0 Å². The molecule has 0 unspecified atom stereocenters. The maximum Gasteiger partial charge on any atom is 0.282 e. The van der Waals surface area contributed by atoms with Crippen molar-refractivity contribution in [2.45, 2.75) is 18.2 Å². The molecule has 0 bridgehead atoms. The Morgan fingerprint density at radius 1 is 1.00 bits per heavy atom. The highest BCUT2D eigenvalue weighted by Gasteiger charge is 2.13. The van der Waals surface area contributed by atoms with Crippen LogP contribution in [0, 0.1) is 0 Å². The first-order valence-corrected chi connectivity index (χ1v) is 7.29. The normalized spacial score (nSPS) is 14.8. The van der Waals surface area contributed by atoms with Gasteiger partial charge in [0.1, 0.15) is 0 Å². The number of carbonyl (C=O) groups excluding carboxylic acids is 1. The molecule has 2 rings (SSSR count). The van der Waals surface area contributed by atoms with E-state index in [9.17, 15) is 13.2 Å². The summed E-state index contributed by atoms with van der Waals surface area (Å²) in [4.78, 5) is 11.1. The Kier molecular flexibility index (Phi) is 3.76. The Morgan fingerprint density at radius 3 is 2.11 bits per heavy atom. The third kappa shape index (κ3) is 3.26. The van der Waals surface area contributed by atoms with Crippen molar-refractivity contribution in [3.05, 3.63) is 54.1 Å². The van der Waals surface area contributed by atoms with Gasteiger partial charge in [0.05, 0.1) is 10.6 Å². The molecule has 1 aliphatic rings. The van der Waals surface area contributed by atoms with Crippen molar-refractivity contribution >= 4 is 21.5 Å². The minimum atomic E-state index is -3.73. The van der Waals surface area contributed by atoms with Gasteiger partial charge in [-0.25, -0.2) is 0 Å². The number of ketones is 1. The smallest absolute Gasteiger partial charge is 0.282 e. The molecule has 0 fully saturated rings. The first-order chi connectivity index (χ1) is 9.01. The summed E-state index contributed by atoms with van der Waals surface area (Å²) in [5.41, 5.74) is 1.31. The quantitative estimate of drug-likeness (QED) is 0.793. The monoisotopic (exact) mass is 275 g/mol. The number of carbonyl (C=O) groups is 1. The lowest BCUT2D eigenvalue weighted by Crippen LogP contribution is -2.04. The van der Waals surface area contributed by atoms with E-state index in [1.165, 1.54) is 24.3 Å². The highest BCUT2D eigenvalue weighted by molar-refractivity contribution is 7.90. The summed E-state index contributed by atoms with van der Waals surface area (Å²) in [7, 11) is -3.73. The Bertz CT molecular complexity index is 662. The third-order valence-corrected chi connectivity index (χ3v) is 4.01. The first kappa shape index (κ1) is 13.4. The van der Waals surface area contributed by atoms with Crippen LogP contribution in [-0.2, 0) is 21.2 Å². The summed E-state index contributed by atoms with van der Waals surface area (Å²) in [6.45, 7) is 2.00. The number of sulfonamides is 1. The van der Waals surface area contributed by atoms with Crippen molar-refractivity contribution in [1.29, 1.82) is 0 Å². The predicted octanol–water partition coefficient (Wildman–Crippen LogP) is 2.07. The third-order valence-electron chi connectivity index (χ3n) is 2.69. The molecule has 0 atom stereocenters. The maximum absolute atomic E-state index is 12.0. The zero-order valence-electron chi connectivity index (χ0n) is 10.4. The molecular weight excluding hydrogens is 262 g/mol. The lowest BCUT2D eigenvalue weighted by Gasteiger charge is -2.03. The van der Waals surface area contributed by atoms with Crippen LogP contribution in [0.15, 0.2) is 57.9 Å². The number of allylic oxidation sites excluding steroid dienone is 4. The van der Waals surface area contributed by atoms with Crippen molar-refractivity contribution in [3.63, 3.8) is 0 Å². The van der Waals surface area contributed by atoms with Gasteiger partial charge >= 0.3 is 0 Å². The summed E-state index contributed by atoms with van der Waals surface area (Å²) >= 11 is 0. The largest absolute Gasteiger partial charge is 0.290 e. The van der Waals surface area contributed by atoms with Gasteiger partial charge in [0.15, 0.2) is 5.78 Å². The number of rotatable bonds is 3. The SMILES string of the molecule is CCc1ccc(S(=O)(=O)N=C2C=CC(=O)C=C2)cc1. The number of hydrogen-bond acceptors (Lipinski definition) is 3. The summed E-state index contributed by atoms with van der Waals surface area (Å²) in [5, 5.41) is 0. The number of aryl methyl sites for hydroxylation is 1. The fourth-order valence-corrected chi connectivity index (χ4v) is 2.58. The van der Waals surface area contributed by atoms with Crippen LogP contribution >= 0.6 is 0 Å². The second-order valence-corrected chi connectivity index (χ2v) is 5.66. The minimum Gasteiger partial charge on any atom is -0.290 e. The van der Waals surface area contributed by atoms with Crippen LogP contribution in [0.3, 0.4) is 0 Å². The number of benzene rings is 1. The zero-order chi connectivity index (χ0) is 13.9. The number of nitrogens with zero attached hydrogens (tertiary/aromatic N) is 1. The lowest BCUT2D eigenvalue weighted by molar-refractivity contribution is -0.110. The lowest BCUT2D eigenvalue weighted by atomic mass is 10.2. The van der Waals surface area contributed by atoms with E-state index in [0.717, 1.165) is 12.0 Å². The van der Waals surface area contributed by atoms with Crippen LogP contribution in [-0.4, -0.2) is 19.9 Å². The molecule has 5 heteroatoms. The van der Waals surface area contributed by atoms with Crippen LogP contribution in [0.2, 0.25) is 0 Å². The van der Waals surface area contributed by atoms with Gasteiger partial charge in [-0.15, -0.1) is 0 Å². The summed E-state index contributed by atoms with van der Waals surface area (Å²) in [5.74, 6) is -0.177.